The van der Waals surface area contributed by atoms with Crippen LogP contribution in [0.2, 0.25) is 0 Å². The molecule has 0 bridgehead atoms. The number of hydrogen-bond donors (Lipinski definition) is 2. The molecule has 0 aromatic heterocycles. The second-order valence-electron chi connectivity index (χ2n) is 7.57. The summed E-state index contributed by atoms with van der Waals surface area (Å²) < 4.78 is 26.7. The predicted octanol–water partition coefficient (Wildman–Crippen LogP) is 5.13. The molecule has 8 heteroatoms. The van der Waals surface area contributed by atoms with Crippen molar-refractivity contribution in [3.05, 3.63) is 71.3 Å². The van der Waals surface area contributed by atoms with E-state index in [1.807, 2.05) is 42.5 Å². The molecular formula is C28H30N2O6. The average molecular weight is 491 g/mol. The number of nitrogens with two attached hydrogens (primary N) is 1. The molecular weight excluding hydrogens is 460 g/mol. The molecule has 36 heavy (non-hydrogen) atoms. The molecule has 0 unspecified atom stereocenters. The number of nitrogen functional groups attached to an aromatic ring is 1. The molecule has 0 saturated carbocycles. The molecule has 0 aliphatic rings. The van der Waals surface area contributed by atoms with E-state index in [1.165, 1.54) is 6.08 Å². The number of hydrogen-bond acceptors (Lipinski definition) is 7. The topological polar surface area (TPSA) is 101 Å². The summed E-state index contributed by atoms with van der Waals surface area (Å²) in [4.78, 5) is 12.7. The molecule has 3 aromatic rings. The second kappa shape index (κ2) is 12.2. The van der Waals surface area contributed by atoms with E-state index in [0.29, 0.717) is 40.1 Å². The number of carbonyl (C=O) groups excluding carboxylic acids is 1. The van der Waals surface area contributed by atoms with Crippen LogP contribution in [0, 0.1) is 0 Å². The minimum Gasteiger partial charge on any atom is -0.497 e. The van der Waals surface area contributed by atoms with E-state index < -0.39 is 0 Å². The average Bonchev–Trinajstić information content (AvgIpc) is 2.90. The highest BCUT2D eigenvalue weighted by Crippen LogP contribution is 2.38. The lowest BCUT2D eigenvalue weighted by atomic mass is 10.1. The summed E-state index contributed by atoms with van der Waals surface area (Å²) in [6.45, 7) is 0. The zero-order valence-electron chi connectivity index (χ0n) is 21.0. The van der Waals surface area contributed by atoms with Gasteiger partial charge in [0.15, 0.2) is 11.5 Å². The number of nitrogens with one attached hydrogen (secondary N) is 1. The molecule has 8 nitrogen and oxygen atoms in total. The van der Waals surface area contributed by atoms with E-state index in [4.69, 9.17) is 29.4 Å². The van der Waals surface area contributed by atoms with E-state index in [-0.39, 0.29) is 5.91 Å². The Morgan fingerprint density at radius 3 is 2.00 bits per heavy atom. The van der Waals surface area contributed by atoms with Crippen molar-refractivity contribution in [1.29, 1.82) is 0 Å². The molecule has 0 spiro atoms. The lowest BCUT2D eigenvalue weighted by Crippen LogP contribution is -2.09. The summed E-state index contributed by atoms with van der Waals surface area (Å²) in [5, 5.41) is 2.91. The van der Waals surface area contributed by atoms with Gasteiger partial charge in [-0.15, -0.1) is 0 Å². The highest BCUT2D eigenvalue weighted by atomic mass is 16.5. The van der Waals surface area contributed by atoms with Gasteiger partial charge >= 0.3 is 0 Å². The maximum atomic E-state index is 12.7. The van der Waals surface area contributed by atoms with Crippen molar-refractivity contribution in [3.63, 3.8) is 0 Å². The number of ether oxygens (including phenoxy) is 5. The molecule has 0 aliphatic carbocycles. The van der Waals surface area contributed by atoms with E-state index in [2.05, 4.69) is 5.32 Å². The SMILES string of the molecule is COc1ccc(C=Cc2cc(OC)c(OC)c(OC)c2)c(NC(=O)/C=C/c2ccc(OC)c(N)c2)c1. The fourth-order valence-electron chi connectivity index (χ4n) is 3.50. The number of methoxy groups -OCH3 is 5. The van der Waals surface area contributed by atoms with Crippen LogP contribution in [0.5, 0.6) is 28.7 Å². The van der Waals surface area contributed by atoms with Crippen molar-refractivity contribution in [2.45, 2.75) is 0 Å². The van der Waals surface area contributed by atoms with Crippen molar-refractivity contribution < 1.29 is 28.5 Å². The minimum absolute atomic E-state index is 0.305. The van der Waals surface area contributed by atoms with Crippen LogP contribution in [-0.4, -0.2) is 41.5 Å². The number of carbonyl (C=O) groups is 1. The summed E-state index contributed by atoms with van der Waals surface area (Å²) in [6, 6.07) is 14.4. The summed E-state index contributed by atoms with van der Waals surface area (Å²) in [6.07, 6.45) is 6.88. The van der Waals surface area contributed by atoms with Crippen LogP contribution in [0.3, 0.4) is 0 Å². The van der Waals surface area contributed by atoms with Crippen LogP contribution < -0.4 is 34.7 Å². The highest BCUT2D eigenvalue weighted by Gasteiger charge is 2.12. The molecule has 0 fully saturated rings. The van der Waals surface area contributed by atoms with E-state index in [0.717, 1.165) is 16.7 Å². The van der Waals surface area contributed by atoms with Gasteiger partial charge < -0.3 is 34.7 Å². The third-order valence-electron chi connectivity index (χ3n) is 5.34. The van der Waals surface area contributed by atoms with Gasteiger partial charge in [-0.05, 0) is 59.2 Å². The number of benzene rings is 3. The van der Waals surface area contributed by atoms with Gasteiger partial charge in [-0.25, -0.2) is 0 Å². The van der Waals surface area contributed by atoms with Gasteiger partial charge in [0.25, 0.3) is 0 Å². The van der Waals surface area contributed by atoms with Crippen LogP contribution in [0.15, 0.2) is 54.6 Å². The van der Waals surface area contributed by atoms with E-state index in [1.54, 1.807) is 59.8 Å². The van der Waals surface area contributed by atoms with Gasteiger partial charge in [0.1, 0.15) is 11.5 Å². The van der Waals surface area contributed by atoms with Gasteiger partial charge in [0, 0.05) is 12.1 Å². The van der Waals surface area contributed by atoms with Crippen molar-refractivity contribution >= 4 is 35.5 Å². The third-order valence-corrected chi connectivity index (χ3v) is 5.34. The molecule has 0 radical (unpaired) electrons. The zero-order chi connectivity index (χ0) is 26.1. The van der Waals surface area contributed by atoms with Crippen LogP contribution in [-0.2, 0) is 4.79 Å². The van der Waals surface area contributed by atoms with Crippen LogP contribution in [0.25, 0.3) is 18.2 Å². The Morgan fingerprint density at radius 2 is 1.42 bits per heavy atom. The molecule has 0 aliphatic heterocycles. The molecule has 0 saturated heterocycles. The summed E-state index contributed by atoms with van der Waals surface area (Å²) in [5.74, 6) is 2.49. The fourth-order valence-corrected chi connectivity index (χ4v) is 3.50. The summed E-state index contributed by atoms with van der Waals surface area (Å²) in [5.41, 5.74) is 9.40. The maximum Gasteiger partial charge on any atom is 0.248 e. The normalized spacial score (nSPS) is 10.9. The van der Waals surface area contributed by atoms with Gasteiger partial charge in [-0.2, -0.15) is 0 Å². The molecule has 3 aromatic carbocycles. The third kappa shape index (κ3) is 6.29. The first-order valence-electron chi connectivity index (χ1n) is 11.0. The fraction of sp³-hybridized carbons (Fsp3) is 0.179. The quantitative estimate of drug-likeness (QED) is 0.231. The Balaban J connectivity index is 1.85. The Kier molecular flexibility index (Phi) is 8.83. The Morgan fingerprint density at radius 1 is 0.722 bits per heavy atom. The van der Waals surface area contributed by atoms with Gasteiger partial charge in [-0.1, -0.05) is 18.2 Å². The monoisotopic (exact) mass is 490 g/mol. The molecule has 1 amide bonds. The number of anilines is 2. The van der Waals surface area contributed by atoms with Crippen LogP contribution in [0.4, 0.5) is 11.4 Å². The van der Waals surface area contributed by atoms with Crippen LogP contribution in [0.1, 0.15) is 16.7 Å². The highest BCUT2D eigenvalue weighted by molar-refractivity contribution is 6.03. The minimum atomic E-state index is -0.305. The zero-order valence-corrected chi connectivity index (χ0v) is 21.0. The van der Waals surface area contributed by atoms with Gasteiger partial charge in [0.05, 0.1) is 46.9 Å². The van der Waals surface area contributed by atoms with Crippen molar-refractivity contribution in [1.82, 2.24) is 0 Å². The predicted molar refractivity (Wildman–Crippen MR) is 143 cm³/mol. The molecule has 188 valence electrons. The Hall–Kier alpha value is -4.59. The number of amides is 1. The second-order valence-corrected chi connectivity index (χ2v) is 7.57. The first-order valence-corrected chi connectivity index (χ1v) is 11.0. The van der Waals surface area contributed by atoms with E-state index in [9.17, 15) is 4.79 Å². The summed E-state index contributed by atoms with van der Waals surface area (Å²) in [7, 11) is 7.81. The van der Waals surface area contributed by atoms with Gasteiger partial charge in [-0.3, -0.25) is 4.79 Å². The van der Waals surface area contributed by atoms with Crippen molar-refractivity contribution in [3.8, 4) is 28.7 Å². The largest absolute Gasteiger partial charge is 0.497 e. The smallest absolute Gasteiger partial charge is 0.248 e. The van der Waals surface area contributed by atoms with E-state index >= 15 is 0 Å². The molecule has 0 atom stereocenters. The molecule has 3 N–H and O–H groups in total. The van der Waals surface area contributed by atoms with Crippen molar-refractivity contribution in [2.24, 2.45) is 0 Å². The van der Waals surface area contributed by atoms with Crippen molar-refractivity contribution in [2.75, 3.05) is 46.6 Å². The molecule has 3 rings (SSSR count). The Labute approximate surface area is 210 Å². The number of rotatable bonds is 10. The lowest BCUT2D eigenvalue weighted by Gasteiger charge is -2.13. The van der Waals surface area contributed by atoms with Crippen LogP contribution >= 0.6 is 0 Å². The maximum absolute atomic E-state index is 12.7. The first kappa shape index (κ1) is 26.0. The Bertz CT molecular complexity index is 1260. The standard InChI is InChI=1S/C28H30N2O6/c1-32-21-11-10-20(9-6-19-15-25(34-3)28(36-5)26(16-19)35-4)23(17-21)30-27(31)13-8-18-7-12-24(33-2)22(29)14-18/h6-17H,29H2,1-5H3,(H,30,31)/b9-6?,13-8+. The molecule has 0 heterocycles. The first-order chi connectivity index (χ1) is 17.4. The lowest BCUT2D eigenvalue weighted by molar-refractivity contribution is -0.111. The van der Waals surface area contributed by atoms with Gasteiger partial charge in [0.2, 0.25) is 11.7 Å². The summed E-state index contributed by atoms with van der Waals surface area (Å²) >= 11 is 0.